The highest BCUT2D eigenvalue weighted by Gasteiger charge is 2.19. The van der Waals surface area contributed by atoms with Gasteiger partial charge in [0.25, 0.3) is 0 Å². The SMILES string of the molecule is O=c1[nH]nc([C@H](O)c2ccccc2)n1Cc1cccs1. The van der Waals surface area contributed by atoms with Crippen LogP contribution in [0.3, 0.4) is 0 Å². The summed E-state index contributed by atoms with van der Waals surface area (Å²) in [4.78, 5) is 12.9. The average molecular weight is 287 g/mol. The van der Waals surface area contributed by atoms with Gasteiger partial charge in [0.1, 0.15) is 6.10 Å². The molecule has 20 heavy (non-hydrogen) atoms. The monoisotopic (exact) mass is 287 g/mol. The first-order valence-electron chi connectivity index (χ1n) is 6.16. The maximum atomic E-state index is 11.8. The molecular weight excluding hydrogens is 274 g/mol. The van der Waals surface area contributed by atoms with E-state index in [0.29, 0.717) is 17.9 Å². The van der Waals surface area contributed by atoms with Crippen molar-refractivity contribution in [2.75, 3.05) is 0 Å². The number of nitrogens with zero attached hydrogens (tertiary/aromatic N) is 2. The highest BCUT2D eigenvalue weighted by Crippen LogP contribution is 2.20. The molecule has 0 aliphatic rings. The lowest BCUT2D eigenvalue weighted by atomic mass is 10.1. The minimum atomic E-state index is -0.921. The largest absolute Gasteiger partial charge is 0.380 e. The quantitative estimate of drug-likeness (QED) is 0.768. The number of aliphatic hydroxyl groups is 1. The Kier molecular flexibility index (Phi) is 3.49. The summed E-state index contributed by atoms with van der Waals surface area (Å²) >= 11 is 1.56. The van der Waals surface area contributed by atoms with E-state index in [9.17, 15) is 9.90 Å². The van der Waals surface area contributed by atoms with Crippen molar-refractivity contribution in [2.24, 2.45) is 0 Å². The Morgan fingerprint density at radius 2 is 2.05 bits per heavy atom. The number of hydrogen-bond acceptors (Lipinski definition) is 4. The molecule has 2 N–H and O–H groups in total. The fourth-order valence-electron chi connectivity index (χ4n) is 2.03. The normalized spacial score (nSPS) is 12.4. The van der Waals surface area contributed by atoms with Crippen molar-refractivity contribution in [1.82, 2.24) is 14.8 Å². The van der Waals surface area contributed by atoms with E-state index in [1.807, 2.05) is 35.7 Å². The predicted molar refractivity (Wildman–Crippen MR) is 76.8 cm³/mol. The van der Waals surface area contributed by atoms with E-state index in [1.54, 1.807) is 23.5 Å². The number of hydrogen-bond donors (Lipinski definition) is 2. The molecule has 0 radical (unpaired) electrons. The number of rotatable bonds is 4. The van der Waals surface area contributed by atoms with Crippen molar-refractivity contribution >= 4 is 11.3 Å². The van der Waals surface area contributed by atoms with Gasteiger partial charge in [-0.05, 0) is 17.0 Å². The highest BCUT2D eigenvalue weighted by atomic mass is 32.1. The van der Waals surface area contributed by atoms with Gasteiger partial charge in [-0.1, -0.05) is 36.4 Å². The smallest absolute Gasteiger partial charge is 0.343 e. The summed E-state index contributed by atoms with van der Waals surface area (Å²) in [5.41, 5.74) is 0.391. The standard InChI is InChI=1S/C14H13N3O2S/c18-12(10-5-2-1-3-6-10)13-15-16-14(19)17(13)9-11-7-4-8-20-11/h1-8,12,18H,9H2,(H,16,19)/t12-/m1/s1. The minimum absolute atomic E-state index is 0.316. The number of H-pyrrole nitrogens is 1. The van der Waals surface area contributed by atoms with Crippen molar-refractivity contribution in [3.05, 3.63) is 74.6 Å². The van der Waals surface area contributed by atoms with Gasteiger partial charge in [0.2, 0.25) is 0 Å². The third-order valence-electron chi connectivity index (χ3n) is 3.04. The van der Waals surface area contributed by atoms with Crippen molar-refractivity contribution in [3.63, 3.8) is 0 Å². The minimum Gasteiger partial charge on any atom is -0.380 e. The molecule has 0 saturated carbocycles. The molecule has 1 atom stereocenters. The molecule has 0 amide bonds. The van der Waals surface area contributed by atoms with Crippen LogP contribution < -0.4 is 5.69 Å². The second-order valence-corrected chi connectivity index (χ2v) is 5.40. The summed E-state index contributed by atoms with van der Waals surface area (Å²) in [6.07, 6.45) is -0.921. The lowest BCUT2D eigenvalue weighted by molar-refractivity contribution is 0.204. The maximum absolute atomic E-state index is 11.8. The number of nitrogens with one attached hydrogen (secondary N) is 1. The molecule has 3 rings (SSSR count). The molecule has 6 heteroatoms. The molecule has 2 heterocycles. The topological polar surface area (TPSA) is 70.9 Å². The van der Waals surface area contributed by atoms with Gasteiger partial charge in [-0.15, -0.1) is 11.3 Å². The van der Waals surface area contributed by atoms with E-state index in [-0.39, 0.29) is 5.69 Å². The molecule has 0 spiro atoms. The van der Waals surface area contributed by atoms with Crippen LogP contribution in [0.1, 0.15) is 22.4 Å². The molecule has 5 nitrogen and oxygen atoms in total. The first-order chi connectivity index (χ1) is 9.75. The van der Waals surface area contributed by atoms with Crippen LogP contribution in [0.25, 0.3) is 0 Å². The molecule has 0 bridgehead atoms. The summed E-state index contributed by atoms with van der Waals surface area (Å²) in [7, 11) is 0. The third-order valence-corrected chi connectivity index (χ3v) is 3.90. The van der Waals surface area contributed by atoms with E-state index >= 15 is 0 Å². The van der Waals surface area contributed by atoms with Crippen LogP contribution in [0, 0.1) is 0 Å². The van der Waals surface area contributed by atoms with Crippen molar-refractivity contribution in [2.45, 2.75) is 12.6 Å². The Morgan fingerprint density at radius 3 is 2.75 bits per heavy atom. The highest BCUT2D eigenvalue weighted by molar-refractivity contribution is 7.09. The summed E-state index contributed by atoms with van der Waals surface area (Å²) in [5, 5.41) is 18.7. The van der Waals surface area contributed by atoms with Crippen LogP contribution in [0.15, 0.2) is 52.6 Å². The summed E-state index contributed by atoms with van der Waals surface area (Å²) in [5.74, 6) is 0.328. The van der Waals surface area contributed by atoms with Gasteiger partial charge in [-0.3, -0.25) is 4.57 Å². The molecule has 1 aromatic carbocycles. The molecule has 2 aromatic heterocycles. The number of aromatic amines is 1. The van der Waals surface area contributed by atoms with Crippen molar-refractivity contribution in [1.29, 1.82) is 0 Å². The van der Waals surface area contributed by atoms with Crippen LogP contribution in [0.5, 0.6) is 0 Å². The van der Waals surface area contributed by atoms with Gasteiger partial charge in [0, 0.05) is 4.88 Å². The van der Waals surface area contributed by atoms with Gasteiger partial charge < -0.3 is 5.11 Å². The first kappa shape index (κ1) is 12.8. The van der Waals surface area contributed by atoms with Crippen LogP contribution >= 0.6 is 11.3 Å². The van der Waals surface area contributed by atoms with Crippen molar-refractivity contribution < 1.29 is 5.11 Å². The lowest BCUT2D eigenvalue weighted by Gasteiger charge is -2.11. The molecule has 3 aromatic rings. The molecular formula is C14H13N3O2S. The second kappa shape index (κ2) is 5.44. The van der Waals surface area contributed by atoms with Crippen LogP contribution in [-0.4, -0.2) is 19.9 Å². The Labute approximate surface area is 119 Å². The zero-order chi connectivity index (χ0) is 13.9. The van der Waals surface area contributed by atoms with Gasteiger partial charge in [0.15, 0.2) is 5.82 Å². The van der Waals surface area contributed by atoms with Crippen LogP contribution in [0.2, 0.25) is 0 Å². The van der Waals surface area contributed by atoms with Gasteiger partial charge in [0.05, 0.1) is 6.54 Å². The first-order valence-corrected chi connectivity index (χ1v) is 7.04. The van der Waals surface area contributed by atoms with Gasteiger partial charge in [-0.2, -0.15) is 5.10 Å². The summed E-state index contributed by atoms with van der Waals surface area (Å²) in [6.45, 7) is 0.409. The molecule has 0 unspecified atom stereocenters. The van der Waals surface area contributed by atoms with E-state index in [0.717, 1.165) is 4.88 Å². The number of benzene rings is 1. The van der Waals surface area contributed by atoms with E-state index in [4.69, 9.17) is 0 Å². The maximum Gasteiger partial charge on any atom is 0.343 e. The Morgan fingerprint density at radius 1 is 1.25 bits per heavy atom. The average Bonchev–Trinajstić information content (AvgIpc) is 3.11. The summed E-state index contributed by atoms with van der Waals surface area (Å²) in [6, 6.07) is 13.0. The number of aliphatic hydroxyl groups excluding tert-OH is 1. The van der Waals surface area contributed by atoms with E-state index in [1.165, 1.54) is 4.57 Å². The zero-order valence-corrected chi connectivity index (χ0v) is 11.4. The van der Waals surface area contributed by atoms with E-state index < -0.39 is 6.10 Å². The third kappa shape index (κ3) is 2.43. The van der Waals surface area contributed by atoms with Crippen LogP contribution in [-0.2, 0) is 6.54 Å². The number of aromatic nitrogens is 3. The lowest BCUT2D eigenvalue weighted by Crippen LogP contribution is -2.21. The Balaban J connectivity index is 1.96. The molecule has 0 fully saturated rings. The molecule has 0 aliphatic carbocycles. The van der Waals surface area contributed by atoms with Gasteiger partial charge in [-0.25, -0.2) is 9.89 Å². The Bertz CT molecular complexity index is 731. The fourth-order valence-corrected chi connectivity index (χ4v) is 2.73. The fraction of sp³-hybridized carbons (Fsp3) is 0.143. The number of thiophene rings is 1. The second-order valence-electron chi connectivity index (χ2n) is 4.37. The zero-order valence-electron chi connectivity index (χ0n) is 10.6. The molecule has 102 valence electrons. The van der Waals surface area contributed by atoms with Crippen LogP contribution in [0.4, 0.5) is 0 Å². The molecule has 0 saturated heterocycles. The summed E-state index contributed by atoms with van der Waals surface area (Å²) < 4.78 is 1.46. The molecule has 0 aliphatic heterocycles. The van der Waals surface area contributed by atoms with E-state index in [2.05, 4.69) is 10.2 Å². The predicted octanol–water partition coefficient (Wildman–Crippen LogP) is 1.76. The van der Waals surface area contributed by atoms with Gasteiger partial charge >= 0.3 is 5.69 Å². The Hall–Kier alpha value is -2.18. The van der Waals surface area contributed by atoms with Crippen molar-refractivity contribution in [3.8, 4) is 0 Å².